The molecular weight excluding hydrogens is 392 g/mol. The lowest BCUT2D eigenvalue weighted by atomic mass is 10.2. The third-order valence-electron chi connectivity index (χ3n) is 4.59. The number of hydrogen-bond donors (Lipinski definition) is 0. The van der Waals surface area contributed by atoms with E-state index in [4.69, 9.17) is 11.6 Å². The van der Waals surface area contributed by atoms with Crippen LogP contribution in [0.15, 0.2) is 58.1 Å². The van der Waals surface area contributed by atoms with Gasteiger partial charge in [0.2, 0.25) is 5.69 Å². The van der Waals surface area contributed by atoms with E-state index in [0.29, 0.717) is 22.8 Å². The molecule has 7 nitrogen and oxygen atoms in total. The van der Waals surface area contributed by atoms with Crippen molar-refractivity contribution in [3.05, 3.63) is 91.2 Å². The summed E-state index contributed by atoms with van der Waals surface area (Å²) in [5, 5.41) is 4.61. The van der Waals surface area contributed by atoms with Gasteiger partial charge in [0.1, 0.15) is 0 Å². The Hall–Kier alpha value is -3.19. The molecule has 8 heteroatoms. The minimum Gasteiger partial charge on any atom is -0.340 e. The Kier molecular flexibility index (Phi) is 5.98. The number of amides is 1. The highest BCUT2D eigenvalue weighted by Gasteiger charge is 2.22. The SMILES string of the molecule is CCN(C)C(=O)c1nn(-c2ccc(C)cc2)c(=O)n(Cc2cccc(Cl)c2)c1=O. The van der Waals surface area contributed by atoms with Crippen LogP contribution in [0, 0.1) is 6.92 Å². The van der Waals surface area contributed by atoms with Crippen molar-refractivity contribution in [3.8, 4) is 5.69 Å². The molecule has 29 heavy (non-hydrogen) atoms. The largest absolute Gasteiger partial charge is 0.352 e. The molecule has 0 spiro atoms. The third-order valence-corrected chi connectivity index (χ3v) is 4.83. The van der Waals surface area contributed by atoms with E-state index in [2.05, 4.69) is 5.10 Å². The first-order valence-corrected chi connectivity index (χ1v) is 9.50. The van der Waals surface area contributed by atoms with Gasteiger partial charge in [-0.25, -0.2) is 4.79 Å². The zero-order valence-corrected chi connectivity index (χ0v) is 17.2. The van der Waals surface area contributed by atoms with Crippen LogP contribution >= 0.6 is 11.6 Å². The summed E-state index contributed by atoms with van der Waals surface area (Å²) in [6.45, 7) is 4.09. The Bertz CT molecular complexity index is 1170. The summed E-state index contributed by atoms with van der Waals surface area (Å²) in [4.78, 5) is 40.2. The second kappa shape index (κ2) is 8.45. The third kappa shape index (κ3) is 4.30. The fourth-order valence-electron chi connectivity index (χ4n) is 2.78. The monoisotopic (exact) mass is 412 g/mol. The number of carbonyl (C=O) groups is 1. The van der Waals surface area contributed by atoms with Gasteiger partial charge in [-0.2, -0.15) is 9.78 Å². The Morgan fingerprint density at radius 3 is 2.45 bits per heavy atom. The van der Waals surface area contributed by atoms with Gasteiger partial charge < -0.3 is 4.90 Å². The van der Waals surface area contributed by atoms with Crippen LogP contribution in [-0.2, 0) is 6.54 Å². The smallest absolute Gasteiger partial charge is 0.340 e. The first kappa shape index (κ1) is 20.5. The van der Waals surface area contributed by atoms with Crippen LogP contribution in [0.1, 0.15) is 28.5 Å². The van der Waals surface area contributed by atoms with Crippen LogP contribution in [0.25, 0.3) is 5.69 Å². The quantitative estimate of drug-likeness (QED) is 0.645. The molecule has 0 saturated heterocycles. The molecule has 0 aliphatic rings. The Morgan fingerprint density at radius 2 is 1.83 bits per heavy atom. The number of aryl methyl sites for hydroxylation is 1. The van der Waals surface area contributed by atoms with Gasteiger partial charge in [0, 0.05) is 18.6 Å². The van der Waals surface area contributed by atoms with Crippen molar-refractivity contribution in [2.45, 2.75) is 20.4 Å². The second-order valence-corrected chi connectivity index (χ2v) is 7.16. The van der Waals surface area contributed by atoms with Crippen LogP contribution in [0.3, 0.4) is 0 Å². The van der Waals surface area contributed by atoms with E-state index in [-0.39, 0.29) is 12.2 Å². The predicted molar refractivity (Wildman–Crippen MR) is 112 cm³/mol. The zero-order valence-electron chi connectivity index (χ0n) is 16.4. The molecule has 0 radical (unpaired) electrons. The summed E-state index contributed by atoms with van der Waals surface area (Å²) < 4.78 is 2.09. The number of halogens is 1. The second-order valence-electron chi connectivity index (χ2n) is 6.72. The van der Waals surface area contributed by atoms with Crippen molar-refractivity contribution in [1.82, 2.24) is 19.2 Å². The molecule has 0 bridgehead atoms. The normalized spacial score (nSPS) is 10.8. The van der Waals surface area contributed by atoms with E-state index in [0.717, 1.165) is 14.8 Å². The Balaban J connectivity index is 2.24. The molecular formula is C21H21ClN4O3. The summed E-state index contributed by atoms with van der Waals surface area (Å²) in [5.74, 6) is -0.543. The Morgan fingerprint density at radius 1 is 1.14 bits per heavy atom. The van der Waals surface area contributed by atoms with E-state index in [1.165, 1.54) is 4.90 Å². The molecule has 3 aromatic rings. The zero-order chi connectivity index (χ0) is 21.1. The van der Waals surface area contributed by atoms with E-state index >= 15 is 0 Å². The summed E-state index contributed by atoms with van der Waals surface area (Å²) in [7, 11) is 1.58. The summed E-state index contributed by atoms with van der Waals surface area (Å²) in [5.41, 5.74) is 0.472. The van der Waals surface area contributed by atoms with Gasteiger partial charge in [0.25, 0.3) is 11.5 Å². The molecule has 1 aromatic heterocycles. The number of benzene rings is 2. The van der Waals surface area contributed by atoms with Crippen LogP contribution in [-0.4, -0.2) is 38.7 Å². The number of carbonyl (C=O) groups excluding carboxylic acids is 1. The molecule has 0 aliphatic heterocycles. The maximum atomic E-state index is 13.1. The van der Waals surface area contributed by atoms with E-state index in [1.54, 1.807) is 50.4 Å². The van der Waals surface area contributed by atoms with Crippen molar-refractivity contribution >= 4 is 17.5 Å². The van der Waals surface area contributed by atoms with Gasteiger partial charge in [0.15, 0.2) is 0 Å². The van der Waals surface area contributed by atoms with Crippen LogP contribution in [0.2, 0.25) is 5.02 Å². The highest BCUT2D eigenvalue weighted by atomic mass is 35.5. The predicted octanol–water partition coefficient (Wildman–Crippen LogP) is 2.50. The van der Waals surface area contributed by atoms with E-state index in [9.17, 15) is 14.4 Å². The van der Waals surface area contributed by atoms with E-state index in [1.807, 2.05) is 19.1 Å². The molecule has 0 aliphatic carbocycles. The number of rotatable bonds is 5. The molecule has 0 saturated carbocycles. The van der Waals surface area contributed by atoms with Crippen molar-refractivity contribution in [3.63, 3.8) is 0 Å². The van der Waals surface area contributed by atoms with Crippen molar-refractivity contribution < 1.29 is 4.79 Å². The van der Waals surface area contributed by atoms with Gasteiger partial charge in [-0.05, 0) is 43.7 Å². The van der Waals surface area contributed by atoms with Gasteiger partial charge in [0.05, 0.1) is 12.2 Å². The minimum absolute atomic E-state index is 0.0251. The van der Waals surface area contributed by atoms with Crippen LogP contribution in [0.4, 0.5) is 0 Å². The number of nitrogens with zero attached hydrogens (tertiary/aromatic N) is 4. The molecule has 0 fully saturated rings. The van der Waals surface area contributed by atoms with Gasteiger partial charge in [-0.15, -0.1) is 0 Å². The van der Waals surface area contributed by atoms with Gasteiger partial charge >= 0.3 is 5.69 Å². The average Bonchev–Trinajstić information content (AvgIpc) is 2.71. The lowest BCUT2D eigenvalue weighted by Crippen LogP contribution is -2.46. The van der Waals surface area contributed by atoms with Crippen LogP contribution < -0.4 is 11.2 Å². The maximum absolute atomic E-state index is 13.1. The summed E-state index contributed by atoms with van der Waals surface area (Å²) >= 11 is 6.03. The standard InChI is InChI=1S/C21H21ClN4O3/c1-4-24(3)19(27)18-20(28)25(13-15-6-5-7-16(22)12-15)21(29)26(23-18)17-10-8-14(2)9-11-17/h5-12H,4,13H2,1-3H3. The molecule has 1 amide bonds. The lowest BCUT2D eigenvalue weighted by Gasteiger charge is -2.16. The summed E-state index contributed by atoms with van der Waals surface area (Å²) in [6, 6.07) is 14.0. The van der Waals surface area contributed by atoms with Crippen LogP contribution in [0.5, 0.6) is 0 Å². The number of hydrogen-bond acceptors (Lipinski definition) is 4. The molecule has 3 rings (SSSR count). The maximum Gasteiger partial charge on any atom is 0.352 e. The van der Waals surface area contributed by atoms with Crippen molar-refractivity contribution in [2.24, 2.45) is 0 Å². The minimum atomic E-state index is -0.733. The molecule has 2 aromatic carbocycles. The highest BCUT2D eigenvalue weighted by molar-refractivity contribution is 6.30. The number of aromatic nitrogens is 3. The molecule has 0 atom stereocenters. The average molecular weight is 413 g/mol. The molecule has 0 N–H and O–H groups in total. The molecule has 150 valence electrons. The molecule has 0 unspecified atom stereocenters. The topological polar surface area (TPSA) is 77.2 Å². The van der Waals surface area contributed by atoms with Crippen molar-refractivity contribution in [2.75, 3.05) is 13.6 Å². The first-order chi connectivity index (χ1) is 13.8. The Labute approximate surface area is 172 Å². The highest BCUT2D eigenvalue weighted by Crippen LogP contribution is 2.11. The fourth-order valence-corrected chi connectivity index (χ4v) is 3.00. The van der Waals surface area contributed by atoms with Gasteiger partial charge in [-0.3, -0.25) is 14.2 Å². The fraction of sp³-hybridized carbons (Fsp3) is 0.238. The van der Waals surface area contributed by atoms with E-state index < -0.39 is 17.2 Å². The molecule has 1 heterocycles. The first-order valence-electron chi connectivity index (χ1n) is 9.13. The van der Waals surface area contributed by atoms with Crippen molar-refractivity contribution in [1.29, 1.82) is 0 Å². The summed E-state index contributed by atoms with van der Waals surface area (Å²) in [6.07, 6.45) is 0. The lowest BCUT2D eigenvalue weighted by molar-refractivity contribution is 0.0791. The van der Waals surface area contributed by atoms with Gasteiger partial charge in [-0.1, -0.05) is 41.4 Å².